The zero-order chi connectivity index (χ0) is 7.40. The Hall–Kier alpha value is -0.920. The summed E-state index contributed by atoms with van der Waals surface area (Å²) in [6.45, 7) is 3.61. The second-order valence-electron chi connectivity index (χ2n) is 1.95. The first kappa shape index (κ1) is 7.19. The van der Waals surface area contributed by atoms with Crippen molar-refractivity contribution in [2.24, 2.45) is 0 Å². The molecule has 0 aliphatic rings. The molecular weight excluding hydrogens is 124 g/mol. The quantitative estimate of drug-likeness (QED) is 0.557. The summed E-state index contributed by atoms with van der Waals surface area (Å²) in [6.07, 6.45) is 0. The van der Waals surface area contributed by atoms with Crippen LogP contribution in [-0.4, -0.2) is 26.5 Å². The van der Waals surface area contributed by atoms with Gasteiger partial charge in [-0.2, -0.15) is 0 Å². The standard InChI is InChI=1S/C6H7B2NO/c1-9-6(10)5-3-2-4-7-8-5/h2-4H,1H3,(H,9,10). The van der Waals surface area contributed by atoms with Crippen LogP contribution in [0.1, 0.15) is 10.3 Å². The number of carbonyl (C=O) groups excluding carboxylic acids is 1. The molecule has 1 aromatic heterocycles. The fraction of sp³-hybridized carbons (Fsp3) is 0.167. The minimum absolute atomic E-state index is 0.0411. The zero-order valence-electron chi connectivity index (χ0n) is 5.79. The summed E-state index contributed by atoms with van der Waals surface area (Å²) in [5.74, 6) is 1.84. The van der Waals surface area contributed by atoms with Crippen molar-refractivity contribution in [3.63, 3.8) is 0 Å². The molecule has 1 heterocycles. The Morgan fingerprint density at radius 2 is 2.50 bits per heavy atom. The molecule has 0 unspecified atom stereocenters. The molecule has 0 spiro atoms. The molecule has 0 bridgehead atoms. The van der Waals surface area contributed by atoms with E-state index in [1.54, 1.807) is 19.9 Å². The van der Waals surface area contributed by atoms with Gasteiger partial charge in [-0.1, -0.05) is 0 Å². The van der Waals surface area contributed by atoms with Gasteiger partial charge in [0.2, 0.25) is 0 Å². The maximum absolute atomic E-state index is 10.9. The molecule has 0 saturated heterocycles. The number of amides is 1. The van der Waals surface area contributed by atoms with E-state index in [1.807, 2.05) is 18.8 Å². The molecule has 0 aliphatic carbocycles. The van der Waals surface area contributed by atoms with E-state index in [0.29, 0.717) is 5.46 Å². The van der Waals surface area contributed by atoms with E-state index in [0.717, 1.165) is 0 Å². The normalized spacial score (nSPS) is 8.10. The fourth-order valence-electron chi connectivity index (χ4n) is 0.734. The number of rotatable bonds is 1. The van der Waals surface area contributed by atoms with E-state index in [9.17, 15) is 4.79 Å². The average Bonchev–Trinajstić information content (AvgIpc) is 2.05. The predicted molar refractivity (Wildman–Crippen MR) is 42.5 cm³/mol. The van der Waals surface area contributed by atoms with Crippen LogP contribution in [0.5, 0.6) is 0 Å². The summed E-state index contributed by atoms with van der Waals surface area (Å²) in [6, 6.07) is 3.61. The van der Waals surface area contributed by atoms with Crippen molar-refractivity contribution in [3.05, 3.63) is 23.6 Å². The van der Waals surface area contributed by atoms with Crippen LogP contribution in [0.4, 0.5) is 0 Å². The molecule has 0 saturated carbocycles. The average molecular weight is 131 g/mol. The van der Waals surface area contributed by atoms with Crippen molar-refractivity contribution in [2.75, 3.05) is 7.05 Å². The minimum atomic E-state index is -0.0411. The fourth-order valence-corrected chi connectivity index (χ4v) is 0.734. The number of carbonyl (C=O) groups is 1. The topological polar surface area (TPSA) is 29.1 Å². The molecule has 4 heteroatoms. The first-order valence-electron chi connectivity index (χ1n) is 3.11. The first-order valence-corrected chi connectivity index (χ1v) is 3.11. The Kier molecular flexibility index (Phi) is 2.37. The van der Waals surface area contributed by atoms with Crippen LogP contribution >= 0.6 is 0 Å². The van der Waals surface area contributed by atoms with E-state index in [2.05, 4.69) is 5.32 Å². The molecule has 0 aromatic carbocycles. The molecule has 1 rings (SSSR count). The van der Waals surface area contributed by atoms with E-state index >= 15 is 0 Å². The third-order valence-electron chi connectivity index (χ3n) is 1.26. The predicted octanol–water partition coefficient (Wildman–Crippen LogP) is -0.278. The summed E-state index contributed by atoms with van der Waals surface area (Å²) >= 11 is 0. The number of nitrogens with one attached hydrogen (secondary N) is 1. The van der Waals surface area contributed by atoms with Crippen LogP contribution < -0.4 is 5.32 Å². The van der Waals surface area contributed by atoms with Crippen LogP contribution in [0.3, 0.4) is 0 Å². The van der Waals surface area contributed by atoms with Gasteiger partial charge in [0, 0.05) is 0 Å². The molecule has 48 valence electrons. The zero-order valence-corrected chi connectivity index (χ0v) is 5.79. The summed E-state index contributed by atoms with van der Waals surface area (Å²) in [5, 5.41) is 2.54. The van der Waals surface area contributed by atoms with Crippen molar-refractivity contribution in [3.8, 4) is 0 Å². The van der Waals surface area contributed by atoms with Gasteiger partial charge in [0.05, 0.1) is 0 Å². The van der Waals surface area contributed by atoms with E-state index in [4.69, 9.17) is 0 Å². The Balaban J connectivity index is 2.85. The van der Waals surface area contributed by atoms with Gasteiger partial charge in [0.15, 0.2) is 0 Å². The maximum atomic E-state index is 10.9. The van der Waals surface area contributed by atoms with E-state index < -0.39 is 0 Å². The number of hydrogen-bond acceptors (Lipinski definition) is 1. The van der Waals surface area contributed by atoms with Crippen molar-refractivity contribution >= 4 is 19.5 Å². The Morgan fingerprint density at radius 1 is 1.70 bits per heavy atom. The molecular formula is C6H7B2NO. The van der Waals surface area contributed by atoms with Crippen LogP contribution in [0.15, 0.2) is 18.1 Å². The van der Waals surface area contributed by atoms with Crippen LogP contribution in [0.2, 0.25) is 0 Å². The van der Waals surface area contributed by atoms with Gasteiger partial charge in [0.25, 0.3) is 0 Å². The Morgan fingerprint density at radius 3 is 3.00 bits per heavy atom. The summed E-state index contributed by atoms with van der Waals surface area (Å²) in [5.41, 5.74) is 0.699. The van der Waals surface area contributed by atoms with Crippen molar-refractivity contribution in [2.45, 2.75) is 0 Å². The molecule has 1 aromatic rings. The van der Waals surface area contributed by atoms with Gasteiger partial charge >= 0.3 is 60.2 Å². The molecule has 2 nitrogen and oxygen atoms in total. The summed E-state index contributed by atoms with van der Waals surface area (Å²) in [7, 11) is 1.62. The van der Waals surface area contributed by atoms with Gasteiger partial charge in [-0.05, 0) is 0 Å². The SMILES string of the molecule is CNC(=O)c1bbccc1. The van der Waals surface area contributed by atoms with Gasteiger partial charge in [-0.25, -0.2) is 0 Å². The summed E-state index contributed by atoms with van der Waals surface area (Å²) in [4.78, 5) is 10.9. The Labute approximate surface area is 61.1 Å². The van der Waals surface area contributed by atoms with Crippen LogP contribution in [0.25, 0.3) is 0 Å². The van der Waals surface area contributed by atoms with Crippen molar-refractivity contribution < 1.29 is 4.79 Å². The Bertz CT molecular complexity index is 224. The first-order chi connectivity index (χ1) is 4.84. The third-order valence-corrected chi connectivity index (χ3v) is 1.26. The molecule has 1 amide bonds. The van der Waals surface area contributed by atoms with Crippen molar-refractivity contribution in [1.82, 2.24) is 5.32 Å². The second kappa shape index (κ2) is 3.30. The molecule has 0 atom stereocenters. The van der Waals surface area contributed by atoms with Gasteiger partial charge in [-0.15, -0.1) is 0 Å². The third kappa shape index (κ3) is 1.53. The van der Waals surface area contributed by atoms with E-state index in [1.165, 1.54) is 0 Å². The molecule has 1 N–H and O–H groups in total. The van der Waals surface area contributed by atoms with Crippen molar-refractivity contribution in [1.29, 1.82) is 0 Å². The van der Waals surface area contributed by atoms with Crippen LogP contribution in [-0.2, 0) is 0 Å². The molecule has 0 fully saturated rings. The van der Waals surface area contributed by atoms with Crippen LogP contribution in [0, 0.1) is 0 Å². The van der Waals surface area contributed by atoms with Gasteiger partial charge in [-0.3, -0.25) is 0 Å². The van der Waals surface area contributed by atoms with Gasteiger partial charge < -0.3 is 0 Å². The molecule has 10 heavy (non-hydrogen) atoms. The number of hydrogen-bond donors (Lipinski definition) is 1. The van der Waals surface area contributed by atoms with Gasteiger partial charge in [0.1, 0.15) is 0 Å². The molecule has 0 radical (unpaired) electrons. The summed E-state index contributed by atoms with van der Waals surface area (Å²) < 4.78 is 0. The van der Waals surface area contributed by atoms with E-state index in [-0.39, 0.29) is 5.91 Å². The second-order valence-corrected chi connectivity index (χ2v) is 1.95. The molecule has 0 aliphatic heterocycles. The monoisotopic (exact) mass is 131 g/mol.